The molecule has 1 aromatic carbocycles. The van der Waals surface area contributed by atoms with Gasteiger partial charge in [0.25, 0.3) is 0 Å². The van der Waals surface area contributed by atoms with E-state index in [4.69, 9.17) is 0 Å². The van der Waals surface area contributed by atoms with E-state index in [0.29, 0.717) is 24.4 Å². The van der Waals surface area contributed by atoms with Gasteiger partial charge in [0, 0.05) is 18.8 Å². The van der Waals surface area contributed by atoms with Crippen LogP contribution in [0, 0.1) is 11.8 Å². The van der Waals surface area contributed by atoms with Gasteiger partial charge in [0.15, 0.2) is 0 Å². The fraction of sp³-hybridized carbons (Fsp3) is 0.588. The van der Waals surface area contributed by atoms with Crippen molar-refractivity contribution in [2.75, 3.05) is 18.5 Å². The Balaban J connectivity index is 1.86. The number of rotatable bonds is 4. The predicted molar refractivity (Wildman–Crippen MR) is 83.8 cm³/mol. The maximum atomic E-state index is 12.2. The fourth-order valence-electron chi connectivity index (χ4n) is 3.03. The van der Waals surface area contributed by atoms with Gasteiger partial charge in [-0.15, -0.1) is 0 Å². The van der Waals surface area contributed by atoms with Crippen LogP contribution in [0.1, 0.15) is 33.1 Å². The smallest absolute Gasteiger partial charge is 0.239 e. The van der Waals surface area contributed by atoms with Gasteiger partial charge in [-0.25, -0.2) is 0 Å². The Kier molecular flexibility index (Phi) is 5.05. The van der Waals surface area contributed by atoms with Crippen molar-refractivity contribution in [3.8, 4) is 0 Å². The van der Waals surface area contributed by atoms with Crippen LogP contribution in [0.3, 0.4) is 0 Å². The highest BCUT2D eigenvalue weighted by atomic mass is 16.2. The Hall–Kier alpha value is -1.51. The van der Waals surface area contributed by atoms with Gasteiger partial charge in [-0.3, -0.25) is 4.79 Å². The van der Waals surface area contributed by atoms with E-state index >= 15 is 0 Å². The molecule has 0 aromatic heterocycles. The minimum Gasteiger partial charge on any atom is -0.365 e. The predicted octanol–water partition coefficient (Wildman–Crippen LogP) is 3.06. The highest BCUT2D eigenvalue weighted by Crippen LogP contribution is 2.29. The Morgan fingerprint density at radius 1 is 1.25 bits per heavy atom. The van der Waals surface area contributed by atoms with Gasteiger partial charge in [-0.2, -0.15) is 0 Å². The van der Waals surface area contributed by atoms with Crippen molar-refractivity contribution in [3.05, 3.63) is 30.3 Å². The Labute approximate surface area is 122 Å². The van der Waals surface area contributed by atoms with Crippen molar-refractivity contribution in [1.29, 1.82) is 0 Å². The first-order chi connectivity index (χ1) is 9.58. The van der Waals surface area contributed by atoms with Crippen LogP contribution in [0.5, 0.6) is 0 Å². The van der Waals surface area contributed by atoms with Gasteiger partial charge in [0.1, 0.15) is 0 Å². The molecule has 20 heavy (non-hydrogen) atoms. The van der Waals surface area contributed by atoms with Gasteiger partial charge in [-0.05, 0) is 30.4 Å². The van der Waals surface area contributed by atoms with Crippen LogP contribution in [-0.4, -0.2) is 25.5 Å². The molecule has 1 amide bonds. The molecule has 1 aliphatic carbocycles. The van der Waals surface area contributed by atoms with Crippen LogP contribution in [-0.2, 0) is 4.79 Å². The van der Waals surface area contributed by atoms with Crippen LogP contribution in [0.4, 0.5) is 5.69 Å². The number of hydrogen-bond donors (Lipinski definition) is 1. The third kappa shape index (κ3) is 3.75. The average molecular weight is 274 g/mol. The lowest BCUT2D eigenvalue weighted by atomic mass is 9.78. The van der Waals surface area contributed by atoms with Crippen molar-refractivity contribution in [2.24, 2.45) is 11.8 Å². The minimum atomic E-state index is 0.127. The van der Waals surface area contributed by atoms with E-state index in [0.717, 1.165) is 12.1 Å². The Morgan fingerprint density at radius 2 is 1.95 bits per heavy atom. The van der Waals surface area contributed by atoms with Crippen LogP contribution in [0.15, 0.2) is 30.3 Å². The third-order valence-electron chi connectivity index (χ3n) is 4.63. The summed E-state index contributed by atoms with van der Waals surface area (Å²) >= 11 is 0. The van der Waals surface area contributed by atoms with Crippen LogP contribution >= 0.6 is 0 Å². The monoisotopic (exact) mass is 274 g/mol. The zero-order chi connectivity index (χ0) is 14.5. The normalized spacial score (nSPS) is 26.1. The summed E-state index contributed by atoms with van der Waals surface area (Å²) in [6.45, 7) is 4.97. The van der Waals surface area contributed by atoms with Crippen LogP contribution in [0.2, 0.25) is 0 Å². The summed E-state index contributed by atoms with van der Waals surface area (Å²) in [5.41, 5.74) is 1.08. The van der Waals surface area contributed by atoms with Crippen LogP contribution < -0.4 is 10.2 Å². The molecule has 0 bridgehead atoms. The molecule has 0 heterocycles. The fourth-order valence-corrected chi connectivity index (χ4v) is 3.03. The first-order valence-corrected chi connectivity index (χ1v) is 7.63. The molecule has 0 radical (unpaired) electrons. The number of amides is 1. The molecule has 1 aliphatic rings. The van der Waals surface area contributed by atoms with E-state index in [1.165, 1.54) is 12.8 Å². The van der Waals surface area contributed by atoms with E-state index < -0.39 is 0 Å². The largest absolute Gasteiger partial charge is 0.365 e. The summed E-state index contributed by atoms with van der Waals surface area (Å²) in [7, 11) is 1.96. The maximum Gasteiger partial charge on any atom is 0.239 e. The Morgan fingerprint density at radius 3 is 2.65 bits per heavy atom. The van der Waals surface area contributed by atoms with Gasteiger partial charge in [0.05, 0.1) is 6.54 Å². The number of likely N-dealkylation sites (N-methyl/N-ethyl adjacent to an activating group) is 1. The summed E-state index contributed by atoms with van der Waals surface area (Å²) in [6.07, 6.45) is 3.63. The second-order valence-corrected chi connectivity index (χ2v) is 6.13. The summed E-state index contributed by atoms with van der Waals surface area (Å²) < 4.78 is 0. The first kappa shape index (κ1) is 14.9. The minimum absolute atomic E-state index is 0.127. The molecule has 1 saturated carbocycles. The van der Waals surface area contributed by atoms with E-state index in [1.807, 2.05) is 42.3 Å². The van der Waals surface area contributed by atoms with Crippen LogP contribution in [0.25, 0.3) is 0 Å². The number of carbonyl (C=O) groups is 1. The highest BCUT2D eigenvalue weighted by molar-refractivity contribution is 5.81. The van der Waals surface area contributed by atoms with E-state index in [2.05, 4.69) is 19.2 Å². The summed E-state index contributed by atoms with van der Waals surface area (Å²) in [6, 6.07) is 10.4. The molecule has 2 rings (SSSR count). The second kappa shape index (κ2) is 6.78. The van der Waals surface area contributed by atoms with Gasteiger partial charge < -0.3 is 10.2 Å². The SMILES string of the molecule is CC1CCCC(NC(=O)CN(C)c2ccccc2)C1C. The molecule has 0 saturated heterocycles. The van der Waals surface area contributed by atoms with Gasteiger partial charge in [-0.1, -0.05) is 44.9 Å². The number of hydrogen-bond acceptors (Lipinski definition) is 2. The summed E-state index contributed by atoms with van der Waals surface area (Å²) in [5.74, 6) is 1.41. The van der Waals surface area contributed by atoms with E-state index in [1.54, 1.807) is 0 Å². The topological polar surface area (TPSA) is 32.3 Å². The van der Waals surface area contributed by atoms with Crippen molar-refractivity contribution in [3.63, 3.8) is 0 Å². The maximum absolute atomic E-state index is 12.2. The highest BCUT2D eigenvalue weighted by Gasteiger charge is 2.28. The number of carbonyl (C=O) groups excluding carboxylic acids is 1. The van der Waals surface area contributed by atoms with Gasteiger partial charge >= 0.3 is 0 Å². The lowest BCUT2D eigenvalue weighted by Crippen LogP contribution is -2.46. The van der Waals surface area contributed by atoms with Crippen molar-refractivity contribution < 1.29 is 4.79 Å². The van der Waals surface area contributed by atoms with E-state index in [9.17, 15) is 4.79 Å². The molecular formula is C17H26N2O. The second-order valence-electron chi connectivity index (χ2n) is 6.13. The molecule has 1 aromatic rings. The van der Waals surface area contributed by atoms with Crippen molar-refractivity contribution >= 4 is 11.6 Å². The molecular weight excluding hydrogens is 248 g/mol. The number of benzene rings is 1. The first-order valence-electron chi connectivity index (χ1n) is 7.63. The lowest BCUT2D eigenvalue weighted by molar-refractivity contribution is -0.121. The molecule has 3 heteroatoms. The Bertz CT molecular complexity index is 432. The zero-order valence-electron chi connectivity index (χ0n) is 12.8. The third-order valence-corrected chi connectivity index (χ3v) is 4.63. The standard InChI is InChI=1S/C17H26N2O/c1-13-8-7-11-16(14(13)2)18-17(20)12-19(3)15-9-5-4-6-10-15/h4-6,9-10,13-14,16H,7-8,11-12H2,1-3H3,(H,18,20). The molecule has 1 fully saturated rings. The summed E-state index contributed by atoms with van der Waals surface area (Å²) in [4.78, 5) is 14.2. The van der Waals surface area contributed by atoms with Crippen molar-refractivity contribution in [2.45, 2.75) is 39.2 Å². The number of para-hydroxylation sites is 1. The molecule has 0 spiro atoms. The number of nitrogens with zero attached hydrogens (tertiary/aromatic N) is 1. The van der Waals surface area contributed by atoms with Crippen molar-refractivity contribution in [1.82, 2.24) is 5.32 Å². The molecule has 0 aliphatic heterocycles. The molecule has 3 unspecified atom stereocenters. The lowest BCUT2D eigenvalue weighted by Gasteiger charge is -2.35. The average Bonchev–Trinajstić information content (AvgIpc) is 2.45. The summed E-state index contributed by atoms with van der Waals surface area (Å²) in [5, 5.41) is 3.22. The molecule has 3 atom stereocenters. The molecule has 1 N–H and O–H groups in total. The van der Waals surface area contributed by atoms with E-state index in [-0.39, 0.29) is 5.91 Å². The molecule has 110 valence electrons. The molecule has 3 nitrogen and oxygen atoms in total. The number of anilines is 1. The quantitative estimate of drug-likeness (QED) is 0.915. The zero-order valence-corrected chi connectivity index (χ0v) is 12.8. The van der Waals surface area contributed by atoms with Gasteiger partial charge in [0.2, 0.25) is 5.91 Å². The number of nitrogens with one attached hydrogen (secondary N) is 1.